The van der Waals surface area contributed by atoms with Crippen LogP contribution < -0.4 is 0 Å². The Hall–Kier alpha value is -1.39. The maximum Gasteiger partial charge on any atom is 0.306 e. The number of fused-ring (bicyclic) bond motifs is 2. The summed E-state index contributed by atoms with van der Waals surface area (Å²) in [5.74, 6) is -2.00. The molecule has 0 aromatic heterocycles. The van der Waals surface area contributed by atoms with Crippen molar-refractivity contribution in [3.8, 4) is 0 Å². The van der Waals surface area contributed by atoms with Crippen LogP contribution in [0.15, 0.2) is 0 Å². The molecule has 94 valence electrons. The molecule has 2 aliphatic rings. The van der Waals surface area contributed by atoms with Crippen molar-refractivity contribution in [2.24, 2.45) is 16.7 Å². The van der Waals surface area contributed by atoms with Crippen LogP contribution >= 0.6 is 0 Å². The number of amides is 2. The van der Waals surface area contributed by atoms with E-state index in [0.29, 0.717) is 19.3 Å². The van der Waals surface area contributed by atoms with Gasteiger partial charge < -0.3 is 5.11 Å². The topological polar surface area (TPSA) is 74.7 Å². The molecular weight excluding hydrogens is 222 g/mol. The van der Waals surface area contributed by atoms with Gasteiger partial charge in [0.05, 0.1) is 5.92 Å². The lowest BCUT2D eigenvalue weighted by Crippen LogP contribution is -2.60. The van der Waals surface area contributed by atoms with E-state index in [1.165, 1.54) is 11.9 Å². The molecule has 1 aliphatic heterocycles. The number of carboxylic acid groups (broad SMARTS) is 1. The Morgan fingerprint density at radius 2 is 1.65 bits per heavy atom. The molecule has 0 spiro atoms. The molecule has 5 heteroatoms. The minimum absolute atomic E-state index is 0.245. The Balaban J connectivity index is 2.44. The fraction of sp³-hybridized carbons (Fsp3) is 0.750. The van der Waals surface area contributed by atoms with Gasteiger partial charge in [0.2, 0.25) is 11.8 Å². The van der Waals surface area contributed by atoms with E-state index in [0.717, 1.165) is 0 Å². The Kier molecular flexibility index (Phi) is 2.35. The summed E-state index contributed by atoms with van der Waals surface area (Å²) in [6, 6.07) is 0. The summed E-state index contributed by atoms with van der Waals surface area (Å²) in [7, 11) is 1.49. The van der Waals surface area contributed by atoms with Gasteiger partial charge in [-0.05, 0) is 19.3 Å². The SMILES string of the molecule is CN1C(=O)C2(C)CC(C(=O)O)CC(C)(C2)C1=O. The molecule has 2 bridgehead atoms. The number of hydrogen-bond donors (Lipinski definition) is 1. The third kappa shape index (κ3) is 1.56. The Morgan fingerprint density at radius 3 is 2.00 bits per heavy atom. The van der Waals surface area contributed by atoms with Crippen LogP contribution in [-0.4, -0.2) is 34.8 Å². The second kappa shape index (κ2) is 3.31. The van der Waals surface area contributed by atoms with Gasteiger partial charge in [-0.1, -0.05) is 13.8 Å². The van der Waals surface area contributed by atoms with Crippen molar-refractivity contribution in [2.45, 2.75) is 33.1 Å². The van der Waals surface area contributed by atoms with Gasteiger partial charge in [-0.3, -0.25) is 19.3 Å². The smallest absolute Gasteiger partial charge is 0.306 e. The summed E-state index contributed by atoms with van der Waals surface area (Å²) in [6.07, 6.45) is 1.12. The lowest BCUT2D eigenvalue weighted by molar-refractivity contribution is -0.175. The average molecular weight is 239 g/mol. The van der Waals surface area contributed by atoms with Crippen LogP contribution in [0.1, 0.15) is 33.1 Å². The molecular formula is C12H17NO4. The summed E-state index contributed by atoms with van der Waals surface area (Å²) in [5, 5.41) is 9.12. The first kappa shape index (κ1) is 12.1. The number of piperidine rings is 1. The lowest BCUT2D eigenvalue weighted by Gasteiger charge is -2.51. The third-order valence-corrected chi connectivity index (χ3v) is 4.17. The number of likely N-dealkylation sites (tertiary alicyclic amines) is 1. The molecule has 1 saturated heterocycles. The van der Waals surface area contributed by atoms with Crippen LogP contribution in [0.2, 0.25) is 0 Å². The van der Waals surface area contributed by atoms with E-state index in [4.69, 9.17) is 5.11 Å². The molecule has 2 atom stereocenters. The van der Waals surface area contributed by atoms with Gasteiger partial charge in [0, 0.05) is 17.9 Å². The standard InChI is InChI=1S/C12H17NO4/c1-11-4-7(8(14)15)5-12(2,6-11)10(17)13(3)9(11)16/h7H,4-6H2,1-3H3,(H,14,15). The first-order valence-electron chi connectivity index (χ1n) is 5.75. The monoisotopic (exact) mass is 239 g/mol. The quantitative estimate of drug-likeness (QED) is 0.689. The molecule has 0 aromatic rings. The van der Waals surface area contributed by atoms with Crippen molar-refractivity contribution in [1.82, 2.24) is 4.90 Å². The number of carboxylic acids is 1. The summed E-state index contributed by atoms with van der Waals surface area (Å²) in [6.45, 7) is 3.54. The first-order chi connectivity index (χ1) is 7.69. The van der Waals surface area contributed by atoms with Gasteiger partial charge in [-0.15, -0.1) is 0 Å². The molecule has 1 heterocycles. The second-order valence-corrected chi connectivity index (χ2v) is 5.91. The fourth-order valence-electron chi connectivity index (χ4n) is 3.57. The lowest BCUT2D eigenvalue weighted by atomic mass is 9.56. The minimum atomic E-state index is -0.910. The van der Waals surface area contributed by atoms with Crippen molar-refractivity contribution in [1.29, 1.82) is 0 Å². The number of nitrogens with zero attached hydrogens (tertiary/aromatic N) is 1. The zero-order valence-electron chi connectivity index (χ0n) is 10.3. The van der Waals surface area contributed by atoms with Gasteiger partial charge >= 0.3 is 5.97 Å². The predicted molar refractivity (Wildman–Crippen MR) is 59.0 cm³/mol. The molecule has 5 nitrogen and oxygen atoms in total. The van der Waals surface area contributed by atoms with Crippen molar-refractivity contribution in [3.05, 3.63) is 0 Å². The maximum atomic E-state index is 12.1. The third-order valence-electron chi connectivity index (χ3n) is 4.17. The average Bonchev–Trinajstić information content (AvgIpc) is 2.23. The normalized spacial score (nSPS) is 41.6. The van der Waals surface area contributed by atoms with E-state index < -0.39 is 22.7 Å². The van der Waals surface area contributed by atoms with E-state index in [2.05, 4.69) is 0 Å². The van der Waals surface area contributed by atoms with Crippen LogP contribution in [0.4, 0.5) is 0 Å². The van der Waals surface area contributed by atoms with Crippen molar-refractivity contribution in [2.75, 3.05) is 7.05 Å². The van der Waals surface area contributed by atoms with E-state index in [9.17, 15) is 14.4 Å². The zero-order valence-corrected chi connectivity index (χ0v) is 10.3. The Bertz CT molecular complexity index is 389. The molecule has 1 N–H and O–H groups in total. The summed E-state index contributed by atoms with van der Waals surface area (Å²) >= 11 is 0. The van der Waals surface area contributed by atoms with Crippen molar-refractivity contribution < 1.29 is 19.5 Å². The summed E-state index contributed by atoms with van der Waals surface area (Å²) < 4.78 is 0. The highest BCUT2D eigenvalue weighted by molar-refractivity contribution is 6.03. The number of carbonyl (C=O) groups excluding carboxylic acids is 2. The van der Waals surface area contributed by atoms with Crippen LogP contribution in [0.3, 0.4) is 0 Å². The van der Waals surface area contributed by atoms with Crippen molar-refractivity contribution >= 4 is 17.8 Å². The predicted octanol–water partition coefficient (Wildman–Crippen LogP) is 0.882. The van der Waals surface area contributed by atoms with Gasteiger partial charge in [-0.25, -0.2) is 0 Å². The van der Waals surface area contributed by atoms with Crippen molar-refractivity contribution in [3.63, 3.8) is 0 Å². The highest BCUT2D eigenvalue weighted by Gasteiger charge is 2.58. The van der Waals surface area contributed by atoms with E-state index in [1.54, 1.807) is 13.8 Å². The number of carbonyl (C=O) groups is 3. The van der Waals surface area contributed by atoms with E-state index >= 15 is 0 Å². The number of imide groups is 1. The Morgan fingerprint density at radius 1 is 1.24 bits per heavy atom. The molecule has 0 aromatic carbocycles. The van der Waals surface area contributed by atoms with Gasteiger partial charge in [0.15, 0.2) is 0 Å². The second-order valence-electron chi connectivity index (χ2n) is 5.91. The van der Waals surface area contributed by atoms with Crippen LogP contribution in [0.5, 0.6) is 0 Å². The maximum absolute atomic E-state index is 12.1. The molecule has 2 amide bonds. The van der Waals surface area contributed by atoms with Gasteiger partial charge in [0.1, 0.15) is 0 Å². The van der Waals surface area contributed by atoms with Crippen LogP contribution in [0.25, 0.3) is 0 Å². The Labute approximate surface area is 99.8 Å². The molecule has 17 heavy (non-hydrogen) atoms. The first-order valence-corrected chi connectivity index (χ1v) is 5.75. The molecule has 2 rings (SSSR count). The molecule has 0 radical (unpaired) electrons. The number of hydrogen-bond acceptors (Lipinski definition) is 3. The number of rotatable bonds is 1. The summed E-state index contributed by atoms with van der Waals surface area (Å²) in [5.41, 5.74) is -1.42. The zero-order chi connectivity index (χ0) is 13.0. The minimum Gasteiger partial charge on any atom is -0.481 e. The van der Waals surface area contributed by atoms with E-state index in [-0.39, 0.29) is 11.8 Å². The highest BCUT2D eigenvalue weighted by atomic mass is 16.4. The van der Waals surface area contributed by atoms with Gasteiger partial charge in [-0.2, -0.15) is 0 Å². The largest absolute Gasteiger partial charge is 0.481 e. The number of aliphatic carboxylic acids is 1. The summed E-state index contributed by atoms with van der Waals surface area (Å²) in [4.78, 5) is 36.5. The molecule has 1 saturated carbocycles. The molecule has 2 fully saturated rings. The highest BCUT2D eigenvalue weighted by Crippen LogP contribution is 2.53. The van der Waals surface area contributed by atoms with E-state index in [1.807, 2.05) is 0 Å². The van der Waals surface area contributed by atoms with Crippen LogP contribution in [0, 0.1) is 16.7 Å². The van der Waals surface area contributed by atoms with Crippen LogP contribution in [-0.2, 0) is 14.4 Å². The molecule has 2 unspecified atom stereocenters. The van der Waals surface area contributed by atoms with Gasteiger partial charge in [0.25, 0.3) is 0 Å². The molecule has 1 aliphatic carbocycles. The fourth-order valence-corrected chi connectivity index (χ4v) is 3.57.